The molecule has 0 saturated heterocycles. The van der Waals surface area contributed by atoms with Crippen molar-refractivity contribution in [1.82, 2.24) is 10.0 Å². The molecular weight excluding hydrogens is 300 g/mol. The van der Waals surface area contributed by atoms with E-state index in [0.29, 0.717) is 13.0 Å². The fourth-order valence-electron chi connectivity index (χ4n) is 2.17. The summed E-state index contributed by atoms with van der Waals surface area (Å²) in [5.74, 6) is -0.589. The van der Waals surface area contributed by atoms with Gasteiger partial charge in [0.25, 0.3) is 10.0 Å². The lowest BCUT2D eigenvalue weighted by molar-refractivity contribution is 0.0596. The molecule has 2 heterocycles. The van der Waals surface area contributed by atoms with E-state index in [1.807, 2.05) is 0 Å². The van der Waals surface area contributed by atoms with Crippen molar-refractivity contribution in [2.45, 2.75) is 37.1 Å². The molecule has 0 radical (unpaired) electrons. The number of ether oxygens (including phenoxy) is 1. The zero-order chi connectivity index (χ0) is 14.9. The number of sulfonamides is 1. The maximum absolute atomic E-state index is 12.4. The van der Waals surface area contributed by atoms with Crippen molar-refractivity contribution in [2.24, 2.45) is 0 Å². The fraction of sp³-hybridized carbons (Fsp3) is 0.583. The lowest BCUT2D eigenvalue weighted by Crippen LogP contribution is -2.31. The Kier molecular flexibility index (Phi) is 4.48. The van der Waals surface area contributed by atoms with E-state index in [2.05, 4.69) is 10.0 Å². The zero-order valence-electron chi connectivity index (χ0n) is 11.6. The zero-order valence-corrected chi connectivity index (χ0v) is 13.3. The van der Waals surface area contributed by atoms with Crippen LogP contribution in [0, 0.1) is 0 Å². The highest BCUT2D eigenvalue weighted by molar-refractivity contribution is 7.91. The predicted molar refractivity (Wildman–Crippen MR) is 76.5 cm³/mol. The third kappa shape index (κ3) is 2.88. The molecule has 0 aliphatic carbocycles. The van der Waals surface area contributed by atoms with Crippen LogP contribution < -0.4 is 10.0 Å². The summed E-state index contributed by atoms with van der Waals surface area (Å²) in [5, 5.41) is 3.17. The summed E-state index contributed by atoms with van der Waals surface area (Å²) in [6.45, 7) is 4.79. The predicted octanol–water partition coefficient (Wildman–Crippen LogP) is 0.867. The molecule has 1 aromatic heterocycles. The van der Waals surface area contributed by atoms with Gasteiger partial charge in [-0.15, -0.1) is 11.3 Å². The number of nitrogens with one attached hydrogen (secondary N) is 2. The van der Waals surface area contributed by atoms with Crippen molar-refractivity contribution in [3.05, 3.63) is 16.0 Å². The second-order valence-corrected chi connectivity index (χ2v) is 7.88. The number of fused-ring (bicyclic) bond motifs is 1. The topological polar surface area (TPSA) is 84.5 Å². The molecule has 0 saturated carbocycles. The Morgan fingerprint density at radius 1 is 1.45 bits per heavy atom. The summed E-state index contributed by atoms with van der Waals surface area (Å²) in [4.78, 5) is 12.9. The molecule has 1 aliphatic rings. The Bertz CT molecular complexity index is 620. The first-order chi connectivity index (χ1) is 9.36. The van der Waals surface area contributed by atoms with Gasteiger partial charge < -0.3 is 10.1 Å². The number of thiophene rings is 1. The van der Waals surface area contributed by atoms with Crippen LogP contribution in [0.1, 0.15) is 34.6 Å². The number of hydrogen-bond donors (Lipinski definition) is 2. The second-order valence-electron chi connectivity index (χ2n) is 4.86. The van der Waals surface area contributed by atoms with Crippen molar-refractivity contribution in [1.29, 1.82) is 0 Å². The highest BCUT2D eigenvalue weighted by atomic mass is 32.2. The van der Waals surface area contributed by atoms with E-state index in [1.165, 1.54) is 7.11 Å². The molecule has 0 spiro atoms. The number of carbonyl (C=O) groups excluding carboxylic acids is 1. The van der Waals surface area contributed by atoms with Gasteiger partial charge >= 0.3 is 5.97 Å². The summed E-state index contributed by atoms with van der Waals surface area (Å²) < 4.78 is 32.1. The molecule has 8 heteroatoms. The fourth-order valence-corrected chi connectivity index (χ4v) is 5.29. The maximum atomic E-state index is 12.4. The molecule has 0 aromatic carbocycles. The van der Waals surface area contributed by atoms with Crippen LogP contribution in [-0.2, 0) is 27.7 Å². The van der Waals surface area contributed by atoms with E-state index in [9.17, 15) is 13.2 Å². The Balaban J connectivity index is 2.58. The van der Waals surface area contributed by atoms with Crippen LogP contribution in [0.25, 0.3) is 0 Å². The van der Waals surface area contributed by atoms with Crippen molar-refractivity contribution in [3.8, 4) is 0 Å². The van der Waals surface area contributed by atoms with Gasteiger partial charge in [0.15, 0.2) is 0 Å². The van der Waals surface area contributed by atoms with Crippen LogP contribution in [0.3, 0.4) is 0 Å². The third-order valence-corrected chi connectivity index (χ3v) is 6.33. The average molecular weight is 318 g/mol. The smallest absolute Gasteiger partial charge is 0.340 e. The van der Waals surface area contributed by atoms with E-state index in [1.54, 1.807) is 13.8 Å². The molecule has 112 valence electrons. The van der Waals surface area contributed by atoms with E-state index in [4.69, 9.17) is 4.74 Å². The standard InChI is InChI=1S/C12H18N2O4S2/c1-7(2)14-20(16,17)12-10(11(15)18-3)8-4-5-13-6-9(8)19-12/h7,13-14H,4-6H2,1-3H3. The number of rotatable bonds is 4. The van der Waals surface area contributed by atoms with Crippen molar-refractivity contribution >= 4 is 27.3 Å². The van der Waals surface area contributed by atoms with E-state index in [0.717, 1.165) is 28.3 Å². The first kappa shape index (κ1) is 15.4. The van der Waals surface area contributed by atoms with Crippen LogP contribution in [0.2, 0.25) is 0 Å². The maximum Gasteiger partial charge on any atom is 0.340 e. The molecule has 0 unspecified atom stereocenters. The second kappa shape index (κ2) is 5.80. The first-order valence-corrected chi connectivity index (χ1v) is 8.62. The van der Waals surface area contributed by atoms with Gasteiger partial charge in [0, 0.05) is 17.5 Å². The summed E-state index contributed by atoms with van der Waals surface area (Å²) in [6, 6.07) is -0.234. The minimum Gasteiger partial charge on any atom is -0.465 e. The van der Waals surface area contributed by atoms with Gasteiger partial charge in [-0.2, -0.15) is 0 Å². The molecule has 1 aliphatic heterocycles. The van der Waals surface area contributed by atoms with Gasteiger partial charge in [0.1, 0.15) is 4.21 Å². The first-order valence-electron chi connectivity index (χ1n) is 6.32. The van der Waals surface area contributed by atoms with Crippen molar-refractivity contribution < 1.29 is 17.9 Å². The van der Waals surface area contributed by atoms with E-state index >= 15 is 0 Å². The molecule has 0 atom stereocenters. The third-order valence-electron chi connectivity index (χ3n) is 2.92. The minimum atomic E-state index is -3.70. The Morgan fingerprint density at radius 3 is 2.75 bits per heavy atom. The molecular formula is C12H18N2O4S2. The number of hydrogen-bond acceptors (Lipinski definition) is 6. The van der Waals surface area contributed by atoms with Crippen molar-refractivity contribution in [2.75, 3.05) is 13.7 Å². The van der Waals surface area contributed by atoms with Crippen LogP contribution in [0.15, 0.2) is 4.21 Å². The molecule has 6 nitrogen and oxygen atoms in total. The van der Waals surface area contributed by atoms with Crippen molar-refractivity contribution in [3.63, 3.8) is 0 Å². The largest absolute Gasteiger partial charge is 0.465 e. The van der Waals surface area contributed by atoms with Crippen LogP contribution >= 0.6 is 11.3 Å². The highest BCUT2D eigenvalue weighted by Crippen LogP contribution is 2.34. The van der Waals surface area contributed by atoms with Crippen LogP contribution in [0.5, 0.6) is 0 Å². The van der Waals surface area contributed by atoms with Crippen LogP contribution in [-0.4, -0.2) is 34.1 Å². The summed E-state index contributed by atoms with van der Waals surface area (Å²) in [5.41, 5.74) is 0.992. The SMILES string of the molecule is COC(=O)c1c(S(=O)(=O)NC(C)C)sc2c1CCNC2. The molecule has 2 N–H and O–H groups in total. The summed E-state index contributed by atoms with van der Waals surface area (Å²) in [6.07, 6.45) is 0.632. The Hall–Kier alpha value is -0.960. The van der Waals surface area contributed by atoms with E-state index in [-0.39, 0.29) is 15.8 Å². The lowest BCUT2D eigenvalue weighted by atomic mass is 10.1. The average Bonchev–Trinajstić information content (AvgIpc) is 2.76. The molecule has 0 bridgehead atoms. The van der Waals surface area contributed by atoms with Gasteiger partial charge in [0.2, 0.25) is 0 Å². The summed E-state index contributed by atoms with van der Waals surface area (Å²) >= 11 is 1.14. The lowest BCUT2D eigenvalue weighted by Gasteiger charge is -2.13. The Morgan fingerprint density at radius 2 is 2.15 bits per heavy atom. The molecule has 0 amide bonds. The number of esters is 1. The molecule has 0 fully saturated rings. The minimum absolute atomic E-state index is 0.0618. The molecule has 20 heavy (non-hydrogen) atoms. The quantitative estimate of drug-likeness (QED) is 0.805. The molecule has 1 aromatic rings. The normalized spacial score (nSPS) is 15.2. The van der Waals surface area contributed by atoms with E-state index < -0.39 is 16.0 Å². The monoisotopic (exact) mass is 318 g/mol. The Labute approximate surface area is 122 Å². The van der Waals surface area contributed by atoms with Gasteiger partial charge in [0.05, 0.1) is 12.7 Å². The van der Waals surface area contributed by atoms with Gasteiger partial charge in [-0.3, -0.25) is 0 Å². The molecule has 2 rings (SSSR count). The van der Waals surface area contributed by atoms with Gasteiger partial charge in [-0.1, -0.05) is 0 Å². The highest BCUT2D eigenvalue weighted by Gasteiger charge is 2.32. The van der Waals surface area contributed by atoms with Crippen LogP contribution in [0.4, 0.5) is 0 Å². The van der Waals surface area contributed by atoms with Gasteiger partial charge in [-0.25, -0.2) is 17.9 Å². The summed E-state index contributed by atoms with van der Waals surface area (Å²) in [7, 11) is -2.44. The number of methoxy groups -OCH3 is 1. The van der Waals surface area contributed by atoms with Gasteiger partial charge in [-0.05, 0) is 32.4 Å². The number of carbonyl (C=O) groups is 1.